The molecule has 1 unspecified atom stereocenters. The highest BCUT2D eigenvalue weighted by atomic mass is 35.5. The van der Waals surface area contributed by atoms with Crippen molar-refractivity contribution in [2.24, 2.45) is 0 Å². The molecule has 186 valence electrons. The Kier molecular flexibility index (Phi) is 5.61. The van der Waals surface area contributed by atoms with Crippen molar-refractivity contribution in [2.75, 3.05) is 23.3 Å². The van der Waals surface area contributed by atoms with Crippen molar-refractivity contribution in [3.05, 3.63) is 112 Å². The fourth-order valence-electron chi connectivity index (χ4n) is 5.47. The second kappa shape index (κ2) is 8.86. The minimum atomic E-state index is -1.10. The fourth-order valence-corrected chi connectivity index (χ4v) is 5.85. The number of aryl methyl sites for hydroxylation is 1. The maximum Gasteiger partial charge on any atom is 0.340 e. The number of ether oxygens (including phenoxy) is 2. The maximum atomic E-state index is 13.1. The molecule has 4 aromatic rings. The van der Waals surface area contributed by atoms with Crippen LogP contribution in [0.3, 0.4) is 0 Å². The number of benzene rings is 4. The van der Waals surface area contributed by atoms with Crippen LogP contribution in [0, 0.1) is 6.92 Å². The molecule has 0 aliphatic carbocycles. The molecule has 0 aromatic heterocycles. The van der Waals surface area contributed by atoms with E-state index in [9.17, 15) is 4.79 Å². The number of esters is 1. The summed E-state index contributed by atoms with van der Waals surface area (Å²) in [6.45, 7) is 8.00. The molecule has 0 amide bonds. The molecule has 0 fully saturated rings. The summed E-state index contributed by atoms with van der Waals surface area (Å²) in [5, 5.41) is 4.22. The predicted octanol–water partition coefficient (Wildman–Crippen LogP) is 7.81. The Hall–Kier alpha value is -3.96. The second-order valence-electron chi connectivity index (χ2n) is 9.31. The van der Waals surface area contributed by atoms with Crippen molar-refractivity contribution in [3.8, 4) is 11.5 Å². The monoisotopic (exact) mass is 510 g/mol. The van der Waals surface area contributed by atoms with E-state index in [1.165, 1.54) is 0 Å². The van der Waals surface area contributed by atoms with Gasteiger partial charge in [-0.1, -0.05) is 54.1 Å². The van der Waals surface area contributed by atoms with E-state index in [-0.39, 0.29) is 5.97 Å². The molecule has 2 aliphatic heterocycles. The number of para-hydroxylation sites is 1. The lowest BCUT2D eigenvalue weighted by molar-refractivity contribution is 0.0224. The number of anilines is 3. The SMILES string of the molecule is CCN(CC)c1ccc(C)c(Nc2ccc3c(c2)C2(OC(=O)c4ccccc42)c2ccccc2O3)c1Cl. The van der Waals surface area contributed by atoms with Crippen LogP contribution in [-0.4, -0.2) is 19.1 Å². The molecule has 1 N–H and O–H groups in total. The van der Waals surface area contributed by atoms with Crippen LogP contribution >= 0.6 is 11.6 Å². The molecule has 6 rings (SSSR count). The number of carbonyl (C=O) groups excluding carboxylic acids is 1. The number of carbonyl (C=O) groups is 1. The summed E-state index contributed by atoms with van der Waals surface area (Å²) in [5.41, 5.74) is 5.54. The average molecular weight is 511 g/mol. The molecule has 1 atom stereocenters. The minimum Gasteiger partial charge on any atom is -0.456 e. The predicted molar refractivity (Wildman–Crippen MR) is 148 cm³/mol. The van der Waals surface area contributed by atoms with Crippen molar-refractivity contribution in [3.63, 3.8) is 0 Å². The summed E-state index contributed by atoms with van der Waals surface area (Å²) in [7, 11) is 0. The summed E-state index contributed by atoms with van der Waals surface area (Å²) in [6.07, 6.45) is 0. The molecule has 2 heterocycles. The van der Waals surface area contributed by atoms with Crippen LogP contribution in [0.2, 0.25) is 5.02 Å². The first kappa shape index (κ1) is 23.4. The number of nitrogens with one attached hydrogen (secondary N) is 1. The van der Waals surface area contributed by atoms with Gasteiger partial charge in [0, 0.05) is 35.5 Å². The van der Waals surface area contributed by atoms with E-state index in [1.54, 1.807) is 0 Å². The highest BCUT2D eigenvalue weighted by Crippen LogP contribution is 2.56. The topological polar surface area (TPSA) is 50.8 Å². The molecule has 5 nitrogen and oxygen atoms in total. The zero-order valence-corrected chi connectivity index (χ0v) is 21.7. The minimum absolute atomic E-state index is 0.345. The number of fused-ring (bicyclic) bond motifs is 6. The van der Waals surface area contributed by atoms with Crippen molar-refractivity contribution in [2.45, 2.75) is 26.4 Å². The number of nitrogens with zero attached hydrogens (tertiary/aromatic N) is 1. The normalized spacial score (nSPS) is 16.9. The lowest BCUT2D eigenvalue weighted by Gasteiger charge is -2.36. The molecular formula is C31H27ClN2O3. The molecule has 37 heavy (non-hydrogen) atoms. The van der Waals surface area contributed by atoms with Gasteiger partial charge in [0.25, 0.3) is 0 Å². The van der Waals surface area contributed by atoms with E-state index in [1.807, 2.05) is 73.7 Å². The van der Waals surface area contributed by atoms with Crippen LogP contribution in [-0.2, 0) is 10.3 Å². The smallest absolute Gasteiger partial charge is 0.340 e. The van der Waals surface area contributed by atoms with Gasteiger partial charge in [-0.3, -0.25) is 0 Å². The van der Waals surface area contributed by atoms with Crippen molar-refractivity contribution >= 4 is 34.6 Å². The first-order chi connectivity index (χ1) is 18.0. The van der Waals surface area contributed by atoms with Crippen LogP contribution in [0.25, 0.3) is 0 Å². The van der Waals surface area contributed by atoms with Crippen LogP contribution in [0.15, 0.2) is 78.9 Å². The zero-order chi connectivity index (χ0) is 25.7. The molecule has 0 radical (unpaired) electrons. The zero-order valence-electron chi connectivity index (χ0n) is 21.0. The first-order valence-corrected chi connectivity index (χ1v) is 12.9. The van der Waals surface area contributed by atoms with E-state index in [4.69, 9.17) is 21.1 Å². The van der Waals surface area contributed by atoms with Gasteiger partial charge in [-0.25, -0.2) is 4.79 Å². The van der Waals surface area contributed by atoms with Gasteiger partial charge < -0.3 is 19.7 Å². The third-order valence-electron chi connectivity index (χ3n) is 7.32. The van der Waals surface area contributed by atoms with Crippen LogP contribution in [0.4, 0.5) is 17.1 Å². The molecule has 2 aliphatic rings. The number of hydrogen-bond acceptors (Lipinski definition) is 5. The Morgan fingerprint density at radius 2 is 1.57 bits per heavy atom. The Bertz CT molecular complexity index is 1550. The summed E-state index contributed by atoms with van der Waals surface area (Å²) in [5.74, 6) is 0.974. The quantitative estimate of drug-likeness (QED) is 0.277. The average Bonchev–Trinajstić information content (AvgIpc) is 3.22. The van der Waals surface area contributed by atoms with Gasteiger partial charge in [-0.05, 0) is 62.7 Å². The van der Waals surface area contributed by atoms with Gasteiger partial charge in [-0.2, -0.15) is 0 Å². The summed E-state index contributed by atoms with van der Waals surface area (Å²) in [6, 6.07) is 25.3. The highest BCUT2D eigenvalue weighted by molar-refractivity contribution is 6.36. The lowest BCUT2D eigenvalue weighted by Crippen LogP contribution is -2.33. The Morgan fingerprint density at radius 3 is 2.35 bits per heavy atom. The van der Waals surface area contributed by atoms with Gasteiger partial charge in [0.1, 0.15) is 11.5 Å². The van der Waals surface area contributed by atoms with E-state index in [2.05, 4.69) is 36.2 Å². The number of rotatable bonds is 5. The number of halogens is 1. The summed E-state index contributed by atoms with van der Waals surface area (Å²) >= 11 is 6.94. The molecule has 6 heteroatoms. The van der Waals surface area contributed by atoms with Crippen molar-refractivity contribution in [1.82, 2.24) is 0 Å². The Balaban J connectivity index is 1.51. The highest BCUT2D eigenvalue weighted by Gasteiger charge is 2.53. The molecule has 1 spiro atoms. The van der Waals surface area contributed by atoms with E-state index < -0.39 is 5.60 Å². The largest absolute Gasteiger partial charge is 0.456 e. The number of hydrogen-bond donors (Lipinski definition) is 1. The van der Waals surface area contributed by atoms with Gasteiger partial charge in [0.2, 0.25) is 0 Å². The van der Waals surface area contributed by atoms with Gasteiger partial charge >= 0.3 is 5.97 Å². The summed E-state index contributed by atoms with van der Waals surface area (Å²) in [4.78, 5) is 15.3. The van der Waals surface area contributed by atoms with Crippen molar-refractivity contribution < 1.29 is 14.3 Å². The van der Waals surface area contributed by atoms with E-state index >= 15 is 0 Å². The molecule has 0 saturated heterocycles. The molecular weight excluding hydrogens is 484 g/mol. The van der Waals surface area contributed by atoms with Gasteiger partial charge in [0.05, 0.1) is 22.0 Å². The van der Waals surface area contributed by atoms with Crippen LogP contribution < -0.4 is 15.0 Å². The van der Waals surface area contributed by atoms with Crippen LogP contribution in [0.1, 0.15) is 46.5 Å². The van der Waals surface area contributed by atoms with E-state index in [0.717, 1.165) is 52.4 Å². The third-order valence-corrected chi connectivity index (χ3v) is 7.70. The molecule has 4 aromatic carbocycles. The lowest BCUT2D eigenvalue weighted by atomic mass is 9.77. The van der Waals surface area contributed by atoms with E-state index in [0.29, 0.717) is 22.1 Å². The van der Waals surface area contributed by atoms with Crippen LogP contribution in [0.5, 0.6) is 11.5 Å². The Labute approximate surface area is 221 Å². The van der Waals surface area contributed by atoms with Crippen molar-refractivity contribution in [1.29, 1.82) is 0 Å². The first-order valence-electron chi connectivity index (χ1n) is 12.5. The standard InChI is InChI=1S/C31H27ClN2O3/c1-4-34(5-2)25-16-14-19(3)29(28(25)32)33-20-15-17-27-24(18-20)31(23-12-8-9-13-26(23)36-27)22-11-7-6-10-21(22)30(35)37-31/h6-18,33H,4-5H2,1-3H3. The second-order valence-corrected chi connectivity index (χ2v) is 9.69. The Morgan fingerprint density at radius 1 is 0.865 bits per heavy atom. The van der Waals surface area contributed by atoms with Gasteiger partial charge in [-0.15, -0.1) is 0 Å². The fraction of sp³-hybridized carbons (Fsp3) is 0.194. The molecule has 0 bridgehead atoms. The third kappa shape index (κ3) is 3.49. The van der Waals surface area contributed by atoms with Gasteiger partial charge in [0.15, 0.2) is 5.60 Å². The summed E-state index contributed by atoms with van der Waals surface area (Å²) < 4.78 is 12.6. The maximum absolute atomic E-state index is 13.1. The molecule has 0 saturated carbocycles.